The number of unbranched alkanes of at least 4 members (excludes halogenated alkanes) is 1. The summed E-state index contributed by atoms with van der Waals surface area (Å²) in [5.74, 6) is 0.814. The summed E-state index contributed by atoms with van der Waals surface area (Å²) >= 11 is 0. The Morgan fingerprint density at radius 3 is 2.41 bits per heavy atom. The fourth-order valence-electron chi connectivity index (χ4n) is 2.83. The average Bonchev–Trinajstić information content (AvgIpc) is 2.37. The van der Waals surface area contributed by atoms with E-state index in [4.69, 9.17) is 0 Å². The second-order valence-corrected chi connectivity index (χ2v) is 5.89. The first-order chi connectivity index (χ1) is 8.15. The number of aldehydes is 1. The third-order valence-electron chi connectivity index (χ3n) is 4.33. The van der Waals surface area contributed by atoms with Crippen molar-refractivity contribution < 1.29 is 4.79 Å². The molecule has 1 aliphatic rings. The highest BCUT2D eigenvalue weighted by Gasteiger charge is 2.35. The van der Waals surface area contributed by atoms with Crippen molar-refractivity contribution in [3.8, 4) is 0 Å². The Balaban J connectivity index is 2.51. The van der Waals surface area contributed by atoms with Gasteiger partial charge in [0.1, 0.15) is 6.29 Å². The standard InChI is InChI=1S/C15H29NO/c1-4-6-11-16(5-2)12-15(13-17)9-7-14(3)8-10-15/h13-14H,4-12H2,1-3H3. The number of hydrogen-bond donors (Lipinski definition) is 0. The normalized spacial score (nSPS) is 29.5. The zero-order valence-electron chi connectivity index (χ0n) is 11.9. The average molecular weight is 239 g/mol. The van der Waals surface area contributed by atoms with Crippen LogP contribution < -0.4 is 0 Å². The topological polar surface area (TPSA) is 20.3 Å². The first-order valence-corrected chi connectivity index (χ1v) is 7.34. The van der Waals surface area contributed by atoms with E-state index in [1.165, 1.54) is 32.0 Å². The SMILES string of the molecule is CCCCN(CC)CC1(C=O)CCC(C)CC1. The highest BCUT2D eigenvalue weighted by Crippen LogP contribution is 2.37. The molecule has 2 heteroatoms. The smallest absolute Gasteiger partial charge is 0.127 e. The van der Waals surface area contributed by atoms with Crippen molar-refractivity contribution in [2.75, 3.05) is 19.6 Å². The van der Waals surface area contributed by atoms with Gasteiger partial charge in [0.15, 0.2) is 0 Å². The predicted octanol–water partition coefficient (Wildman–Crippen LogP) is 3.50. The molecule has 0 spiro atoms. The molecule has 0 radical (unpaired) electrons. The van der Waals surface area contributed by atoms with Crippen molar-refractivity contribution >= 4 is 6.29 Å². The van der Waals surface area contributed by atoms with Crippen molar-refractivity contribution in [3.05, 3.63) is 0 Å². The number of carbonyl (C=O) groups excluding carboxylic acids is 1. The number of hydrogen-bond acceptors (Lipinski definition) is 2. The second-order valence-electron chi connectivity index (χ2n) is 5.89. The van der Waals surface area contributed by atoms with Gasteiger partial charge < -0.3 is 9.69 Å². The van der Waals surface area contributed by atoms with Gasteiger partial charge in [-0.15, -0.1) is 0 Å². The lowest BCUT2D eigenvalue weighted by Gasteiger charge is -2.38. The van der Waals surface area contributed by atoms with Crippen LogP contribution in [0.5, 0.6) is 0 Å². The molecule has 0 atom stereocenters. The quantitative estimate of drug-likeness (QED) is 0.634. The molecule has 100 valence electrons. The van der Waals surface area contributed by atoms with Crippen LogP contribution in [0.3, 0.4) is 0 Å². The predicted molar refractivity (Wildman–Crippen MR) is 73.2 cm³/mol. The molecule has 1 fully saturated rings. The first kappa shape index (κ1) is 14.7. The molecule has 1 saturated carbocycles. The summed E-state index contributed by atoms with van der Waals surface area (Å²) in [6.45, 7) is 9.96. The Morgan fingerprint density at radius 1 is 1.29 bits per heavy atom. The van der Waals surface area contributed by atoms with Gasteiger partial charge >= 0.3 is 0 Å². The zero-order valence-corrected chi connectivity index (χ0v) is 11.9. The fourth-order valence-corrected chi connectivity index (χ4v) is 2.83. The van der Waals surface area contributed by atoms with Gasteiger partial charge in [0.05, 0.1) is 0 Å². The van der Waals surface area contributed by atoms with Crippen LogP contribution in [0.2, 0.25) is 0 Å². The molecule has 0 amide bonds. The maximum Gasteiger partial charge on any atom is 0.127 e. The van der Waals surface area contributed by atoms with E-state index in [1.807, 2.05) is 0 Å². The Kier molecular flexibility index (Phi) is 6.18. The Hall–Kier alpha value is -0.370. The Morgan fingerprint density at radius 2 is 1.94 bits per heavy atom. The van der Waals surface area contributed by atoms with E-state index in [9.17, 15) is 4.79 Å². The fraction of sp³-hybridized carbons (Fsp3) is 0.933. The summed E-state index contributed by atoms with van der Waals surface area (Å²) < 4.78 is 0. The molecule has 0 aliphatic heterocycles. The van der Waals surface area contributed by atoms with Gasteiger partial charge in [-0.25, -0.2) is 0 Å². The highest BCUT2D eigenvalue weighted by atomic mass is 16.1. The summed E-state index contributed by atoms with van der Waals surface area (Å²) in [6, 6.07) is 0. The van der Waals surface area contributed by atoms with Gasteiger partial charge in [-0.2, -0.15) is 0 Å². The second kappa shape index (κ2) is 7.15. The molecule has 0 bridgehead atoms. The zero-order chi connectivity index (χ0) is 12.7. The van der Waals surface area contributed by atoms with Crippen LogP contribution in [0.4, 0.5) is 0 Å². The molecule has 17 heavy (non-hydrogen) atoms. The molecule has 0 N–H and O–H groups in total. The van der Waals surface area contributed by atoms with Gasteiger partial charge in [-0.05, 0) is 51.1 Å². The summed E-state index contributed by atoms with van der Waals surface area (Å²) in [7, 11) is 0. The third kappa shape index (κ3) is 4.42. The lowest BCUT2D eigenvalue weighted by molar-refractivity contribution is -0.119. The van der Waals surface area contributed by atoms with Gasteiger partial charge in [0, 0.05) is 12.0 Å². The molecule has 0 unspecified atom stereocenters. The Labute approximate surface area is 107 Å². The van der Waals surface area contributed by atoms with E-state index < -0.39 is 0 Å². The van der Waals surface area contributed by atoms with Gasteiger partial charge in [-0.3, -0.25) is 0 Å². The van der Waals surface area contributed by atoms with E-state index in [1.54, 1.807) is 0 Å². The van der Waals surface area contributed by atoms with Gasteiger partial charge in [0.2, 0.25) is 0 Å². The van der Waals surface area contributed by atoms with Crippen LogP contribution in [0.1, 0.15) is 59.3 Å². The summed E-state index contributed by atoms with van der Waals surface area (Å²) in [6.07, 6.45) is 8.39. The molecular weight excluding hydrogens is 210 g/mol. The van der Waals surface area contributed by atoms with Gasteiger partial charge in [-0.1, -0.05) is 27.2 Å². The lowest BCUT2D eigenvalue weighted by Crippen LogP contribution is -2.41. The van der Waals surface area contributed by atoms with Crippen LogP contribution in [0, 0.1) is 11.3 Å². The summed E-state index contributed by atoms with van der Waals surface area (Å²) in [4.78, 5) is 14.0. The van der Waals surface area contributed by atoms with Crippen molar-refractivity contribution in [2.45, 2.75) is 59.3 Å². The summed E-state index contributed by atoms with van der Waals surface area (Å²) in [5.41, 5.74) is -0.0315. The van der Waals surface area contributed by atoms with Crippen LogP contribution in [0.25, 0.3) is 0 Å². The van der Waals surface area contributed by atoms with Crippen molar-refractivity contribution in [1.29, 1.82) is 0 Å². The molecular formula is C15H29NO. The van der Waals surface area contributed by atoms with Crippen molar-refractivity contribution in [3.63, 3.8) is 0 Å². The van der Waals surface area contributed by atoms with E-state index >= 15 is 0 Å². The van der Waals surface area contributed by atoms with E-state index in [2.05, 4.69) is 25.7 Å². The molecule has 1 aliphatic carbocycles. The highest BCUT2D eigenvalue weighted by molar-refractivity contribution is 5.60. The third-order valence-corrected chi connectivity index (χ3v) is 4.33. The molecule has 0 aromatic rings. The largest absolute Gasteiger partial charge is 0.303 e. The number of nitrogens with zero attached hydrogens (tertiary/aromatic N) is 1. The minimum Gasteiger partial charge on any atom is -0.303 e. The first-order valence-electron chi connectivity index (χ1n) is 7.34. The molecule has 0 aromatic heterocycles. The van der Waals surface area contributed by atoms with E-state index in [0.29, 0.717) is 0 Å². The molecule has 0 aromatic carbocycles. The van der Waals surface area contributed by atoms with Crippen molar-refractivity contribution in [2.24, 2.45) is 11.3 Å². The molecule has 0 heterocycles. The molecule has 2 nitrogen and oxygen atoms in total. The molecule has 0 saturated heterocycles. The molecule has 1 rings (SSSR count). The van der Waals surface area contributed by atoms with Crippen LogP contribution >= 0.6 is 0 Å². The minimum absolute atomic E-state index is 0.0315. The monoisotopic (exact) mass is 239 g/mol. The van der Waals surface area contributed by atoms with Crippen molar-refractivity contribution in [1.82, 2.24) is 4.90 Å². The van der Waals surface area contributed by atoms with E-state index in [-0.39, 0.29) is 5.41 Å². The number of rotatable bonds is 7. The minimum atomic E-state index is -0.0315. The number of carbonyl (C=O) groups is 1. The Bertz CT molecular complexity index is 219. The van der Waals surface area contributed by atoms with Gasteiger partial charge in [0.25, 0.3) is 0 Å². The maximum absolute atomic E-state index is 11.5. The maximum atomic E-state index is 11.5. The van der Waals surface area contributed by atoms with Crippen LogP contribution in [-0.4, -0.2) is 30.8 Å². The van der Waals surface area contributed by atoms with E-state index in [0.717, 1.165) is 38.4 Å². The van der Waals surface area contributed by atoms with Crippen LogP contribution in [-0.2, 0) is 4.79 Å². The lowest BCUT2D eigenvalue weighted by atomic mass is 9.71. The summed E-state index contributed by atoms with van der Waals surface area (Å²) in [5, 5.41) is 0. The van der Waals surface area contributed by atoms with Crippen LogP contribution in [0.15, 0.2) is 0 Å².